The van der Waals surface area contributed by atoms with Crippen LogP contribution < -0.4 is 10.5 Å². The van der Waals surface area contributed by atoms with Crippen LogP contribution in [0.15, 0.2) is 48.5 Å². The maximum absolute atomic E-state index is 14.1. The van der Waals surface area contributed by atoms with Crippen molar-refractivity contribution in [2.75, 3.05) is 0 Å². The molecule has 0 saturated heterocycles. The van der Waals surface area contributed by atoms with Gasteiger partial charge in [-0.1, -0.05) is 62.8 Å². The minimum atomic E-state index is -4.69. The average molecular weight is 532 g/mol. The molecule has 0 unspecified atom stereocenters. The van der Waals surface area contributed by atoms with Crippen LogP contribution in [-0.4, -0.2) is 28.0 Å². The molecular formula is C29H33F4N3O2. The van der Waals surface area contributed by atoms with Gasteiger partial charge in [-0.3, -0.25) is 4.79 Å². The van der Waals surface area contributed by atoms with Crippen LogP contribution in [0.1, 0.15) is 64.2 Å². The molecule has 38 heavy (non-hydrogen) atoms. The van der Waals surface area contributed by atoms with E-state index in [-0.39, 0.29) is 23.2 Å². The van der Waals surface area contributed by atoms with E-state index in [4.69, 9.17) is 10.7 Å². The summed E-state index contributed by atoms with van der Waals surface area (Å²) in [6.45, 7) is 0. The highest BCUT2D eigenvalue weighted by molar-refractivity contribution is 5.90. The van der Waals surface area contributed by atoms with Gasteiger partial charge in [-0.25, -0.2) is 4.98 Å². The summed E-state index contributed by atoms with van der Waals surface area (Å²) in [6.07, 6.45) is 0.566. The summed E-state index contributed by atoms with van der Waals surface area (Å²) in [5.74, 6) is -0.800. The second-order valence-corrected chi connectivity index (χ2v) is 10.6. The Morgan fingerprint density at radius 1 is 0.895 bits per heavy atom. The first-order chi connectivity index (χ1) is 18.3. The summed E-state index contributed by atoms with van der Waals surface area (Å²) in [4.78, 5) is 18.7. The third kappa shape index (κ3) is 4.54. The first-order valence-corrected chi connectivity index (χ1v) is 13.5. The van der Waals surface area contributed by atoms with Crippen LogP contribution in [0, 0.1) is 11.8 Å². The van der Waals surface area contributed by atoms with Crippen molar-refractivity contribution in [1.29, 1.82) is 0 Å². The molecular weight excluding hydrogens is 498 g/mol. The van der Waals surface area contributed by atoms with E-state index >= 15 is 0 Å². The Morgan fingerprint density at radius 3 is 2.03 bits per heavy atom. The molecule has 0 aliphatic heterocycles. The maximum atomic E-state index is 14.1. The number of fused-ring (bicyclic) bond motifs is 1. The first-order valence-electron chi connectivity index (χ1n) is 13.5. The van der Waals surface area contributed by atoms with E-state index in [0.717, 1.165) is 64.2 Å². The number of amides is 1. The lowest BCUT2D eigenvalue weighted by molar-refractivity contribution is -0.253. The van der Waals surface area contributed by atoms with Gasteiger partial charge in [-0.15, -0.1) is 0 Å². The number of hydrogen-bond donors (Lipinski definition) is 1. The Morgan fingerprint density at radius 2 is 1.45 bits per heavy atom. The zero-order chi connectivity index (χ0) is 26.9. The van der Waals surface area contributed by atoms with Crippen LogP contribution in [0.3, 0.4) is 0 Å². The Hall–Kier alpha value is -3.10. The summed E-state index contributed by atoms with van der Waals surface area (Å²) in [6, 6.07) is 13.1. The van der Waals surface area contributed by atoms with E-state index in [0.29, 0.717) is 11.0 Å². The van der Waals surface area contributed by atoms with Crippen LogP contribution in [0.2, 0.25) is 0 Å². The van der Waals surface area contributed by atoms with Gasteiger partial charge in [0.1, 0.15) is 17.1 Å². The summed E-state index contributed by atoms with van der Waals surface area (Å²) in [5, 5.41) is 0. The number of nitrogens with two attached hydrogens (primary N) is 1. The van der Waals surface area contributed by atoms with Crippen LogP contribution in [0.4, 0.5) is 17.6 Å². The standard InChI is InChI=1S/C29H33F4N3O2/c30-26(31)29(32,33)38-24-18-10-7-15-21(24)25-35-22-16-8-9-17-23(22)36(25)28(27(34)37,19-11-3-1-4-12-19)20-13-5-2-6-14-20/h7-10,15-20,26H,1-6,11-14H2,(H2,34,37). The van der Waals surface area contributed by atoms with E-state index < -0.39 is 29.7 Å². The summed E-state index contributed by atoms with van der Waals surface area (Å²) >= 11 is 0. The Labute approximate surface area is 219 Å². The minimum absolute atomic E-state index is 0.0659. The van der Waals surface area contributed by atoms with Crippen molar-refractivity contribution in [3.8, 4) is 17.1 Å². The predicted octanol–water partition coefficient (Wildman–Crippen LogP) is 7.28. The Balaban J connectivity index is 1.80. The molecule has 0 atom stereocenters. The number of primary amides is 1. The molecule has 5 rings (SSSR count). The van der Waals surface area contributed by atoms with Gasteiger partial charge in [0, 0.05) is 0 Å². The molecule has 1 amide bonds. The molecule has 0 radical (unpaired) electrons. The molecule has 5 nitrogen and oxygen atoms in total. The number of hydrogen-bond acceptors (Lipinski definition) is 3. The van der Waals surface area contributed by atoms with Crippen molar-refractivity contribution in [3.05, 3.63) is 48.5 Å². The second-order valence-electron chi connectivity index (χ2n) is 10.6. The number of ether oxygens (including phenoxy) is 1. The molecule has 2 aliphatic rings. The van der Waals surface area contributed by atoms with Gasteiger partial charge in [0.05, 0.1) is 16.6 Å². The third-order valence-corrected chi connectivity index (χ3v) is 8.41. The molecule has 204 valence electrons. The fourth-order valence-corrected chi connectivity index (χ4v) is 6.81. The molecule has 1 aromatic heterocycles. The SMILES string of the molecule is NC(=O)C(C1CCCCC1)(C1CCCCC1)n1c(-c2ccccc2OC(F)(F)C(F)F)nc2ccccc21. The molecule has 2 N–H and O–H groups in total. The zero-order valence-corrected chi connectivity index (χ0v) is 21.2. The van der Waals surface area contributed by atoms with E-state index in [1.165, 1.54) is 18.2 Å². The number of para-hydroxylation sites is 3. The van der Waals surface area contributed by atoms with Gasteiger partial charge >= 0.3 is 12.5 Å². The van der Waals surface area contributed by atoms with E-state index in [1.807, 2.05) is 22.8 Å². The van der Waals surface area contributed by atoms with Crippen LogP contribution in [0.5, 0.6) is 5.75 Å². The number of rotatable bonds is 8. The smallest absolute Gasteiger partial charge is 0.428 e. The fraction of sp³-hybridized carbons (Fsp3) is 0.517. The van der Waals surface area contributed by atoms with Gasteiger partial charge in [0.2, 0.25) is 5.91 Å². The summed E-state index contributed by atoms with van der Waals surface area (Å²) in [7, 11) is 0. The largest absolute Gasteiger partial charge is 0.461 e. The zero-order valence-electron chi connectivity index (χ0n) is 21.2. The Kier molecular flexibility index (Phi) is 7.38. The Bertz CT molecular complexity index is 1260. The average Bonchev–Trinajstić information content (AvgIpc) is 3.30. The monoisotopic (exact) mass is 531 g/mol. The number of aromatic nitrogens is 2. The highest BCUT2D eigenvalue weighted by Crippen LogP contribution is 2.51. The van der Waals surface area contributed by atoms with Crippen LogP contribution in [0.25, 0.3) is 22.4 Å². The molecule has 2 aliphatic carbocycles. The fourth-order valence-electron chi connectivity index (χ4n) is 6.81. The number of benzene rings is 2. The normalized spacial score (nSPS) is 18.2. The maximum Gasteiger partial charge on any atom is 0.461 e. The highest BCUT2D eigenvalue weighted by Gasteiger charge is 2.54. The van der Waals surface area contributed by atoms with Gasteiger partial charge in [-0.05, 0) is 61.8 Å². The van der Waals surface area contributed by atoms with E-state index in [1.54, 1.807) is 12.1 Å². The van der Waals surface area contributed by atoms with Crippen molar-refractivity contribution in [2.45, 2.75) is 82.3 Å². The molecule has 2 aromatic carbocycles. The number of carbonyl (C=O) groups excluding carboxylic acids is 1. The lowest BCUT2D eigenvalue weighted by Gasteiger charge is -2.48. The van der Waals surface area contributed by atoms with Crippen LogP contribution >= 0.6 is 0 Å². The predicted molar refractivity (Wildman–Crippen MR) is 137 cm³/mol. The molecule has 0 spiro atoms. The topological polar surface area (TPSA) is 70.1 Å². The van der Waals surface area contributed by atoms with Crippen molar-refractivity contribution in [2.24, 2.45) is 17.6 Å². The van der Waals surface area contributed by atoms with Gasteiger partial charge < -0.3 is 15.0 Å². The lowest BCUT2D eigenvalue weighted by atomic mass is 9.63. The van der Waals surface area contributed by atoms with Crippen molar-refractivity contribution < 1.29 is 27.1 Å². The summed E-state index contributed by atoms with van der Waals surface area (Å²) < 4.78 is 60.9. The van der Waals surface area contributed by atoms with Crippen molar-refractivity contribution >= 4 is 16.9 Å². The molecule has 3 aromatic rings. The van der Waals surface area contributed by atoms with Crippen LogP contribution in [-0.2, 0) is 10.3 Å². The molecule has 0 bridgehead atoms. The van der Waals surface area contributed by atoms with Gasteiger partial charge in [0.25, 0.3) is 0 Å². The molecule has 2 fully saturated rings. The molecule has 9 heteroatoms. The second kappa shape index (κ2) is 10.6. The number of nitrogens with zero attached hydrogens (tertiary/aromatic N) is 2. The van der Waals surface area contributed by atoms with Crippen molar-refractivity contribution in [1.82, 2.24) is 9.55 Å². The lowest BCUT2D eigenvalue weighted by Crippen LogP contribution is -2.58. The van der Waals surface area contributed by atoms with Gasteiger partial charge in [0.15, 0.2) is 0 Å². The van der Waals surface area contributed by atoms with E-state index in [2.05, 4.69) is 4.74 Å². The number of imidazole rings is 1. The highest BCUT2D eigenvalue weighted by atomic mass is 19.3. The van der Waals surface area contributed by atoms with E-state index in [9.17, 15) is 22.4 Å². The first kappa shape index (κ1) is 26.5. The number of halogens is 4. The molecule has 2 saturated carbocycles. The van der Waals surface area contributed by atoms with Gasteiger partial charge in [-0.2, -0.15) is 17.6 Å². The quantitative estimate of drug-likeness (QED) is 0.311. The third-order valence-electron chi connectivity index (χ3n) is 8.41. The molecule has 1 heterocycles. The minimum Gasteiger partial charge on any atom is -0.428 e. The van der Waals surface area contributed by atoms with Crippen molar-refractivity contribution in [3.63, 3.8) is 0 Å². The number of alkyl halides is 4. The summed E-state index contributed by atoms with van der Waals surface area (Å²) in [5.41, 5.74) is 6.59. The number of carbonyl (C=O) groups is 1.